The number of urea groups is 1. The van der Waals surface area contributed by atoms with Gasteiger partial charge in [0.25, 0.3) is 5.56 Å². The number of nitrogens with one attached hydrogen (secondary N) is 1. The Morgan fingerprint density at radius 3 is 2.83 bits per heavy atom. The van der Waals surface area contributed by atoms with Gasteiger partial charge in [0, 0.05) is 11.4 Å². The molecule has 0 aliphatic heterocycles. The van der Waals surface area contributed by atoms with Crippen molar-refractivity contribution in [2.45, 2.75) is 57.0 Å². The maximum absolute atomic E-state index is 13.3. The van der Waals surface area contributed by atoms with Crippen molar-refractivity contribution >= 4 is 45.3 Å². The zero-order valence-electron chi connectivity index (χ0n) is 16.9. The van der Waals surface area contributed by atoms with Crippen LogP contribution in [0.15, 0.2) is 22.6 Å². The largest absolute Gasteiger partial charge is 0.351 e. The van der Waals surface area contributed by atoms with E-state index >= 15 is 0 Å². The van der Waals surface area contributed by atoms with Crippen LogP contribution in [0, 0.1) is 11.8 Å². The van der Waals surface area contributed by atoms with E-state index in [2.05, 4.69) is 18.8 Å². The van der Waals surface area contributed by atoms with E-state index in [1.54, 1.807) is 22.0 Å². The first-order valence-corrected chi connectivity index (χ1v) is 11.4. The molecule has 0 fully saturated rings. The highest BCUT2D eigenvalue weighted by atomic mass is 32.2. The van der Waals surface area contributed by atoms with Crippen LogP contribution in [-0.2, 0) is 24.2 Å². The van der Waals surface area contributed by atoms with E-state index in [9.17, 15) is 14.4 Å². The first-order chi connectivity index (χ1) is 13.7. The van der Waals surface area contributed by atoms with E-state index in [1.807, 2.05) is 13.8 Å². The third-order valence-corrected chi connectivity index (χ3v) is 7.72. The molecule has 0 saturated carbocycles. The summed E-state index contributed by atoms with van der Waals surface area (Å²) >= 11 is 2.75. The number of hydrogen-bond donors (Lipinski definition) is 2. The fourth-order valence-corrected chi connectivity index (χ4v) is 6.11. The number of hydrogen-bond acceptors (Lipinski definition) is 6. The highest BCUT2D eigenvalue weighted by molar-refractivity contribution is 8.00. The van der Waals surface area contributed by atoms with Crippen molar-refractivity contribution in [2.24, 2.45) is 17.6 Å². The number of carbonyl (C=O) groups excluding carboxylic acids is 2. The van der Waals surface area contributed by atoms with E-state index in [-0.39, 0.29) is 11.5 Å². The summed E-state index contributed by atoms with van der Waals surface area (Å²) < 4.78 is 1.57. The molecule has 7 nitrogen and oxygen atoms in total. The lowest BCUT2D eigenvalue weighted by Crippen LogP contribution is -2.42. The zero-order valence-corrected chi connectivity index (χ0v) is 18.5. The second kappa shape index (κ2) is 8.71. The number of carbonyl (C=O) groups is 2. The molecule has 0 aromatic carbocycles. The Labute approximate surface area is 177 Å². The minimum absolute atomic E-state index is 0.0951. The number of rotatable bonds is 6. The predicted molar refractivity (Wildman–Crippen MR) is 117 cm³/mol. The molecule has 3 amide bonds. The molecule has 0 bridgehead atoms. The fourth-order valence-electron chi connectivity index (χ4n) is 3.58. The first-order valence-electron chi connectivity index (χ1n) is 9.65. The van der Waals surface area contributed by atoms with Gasteiger partial charge in [-0.05, 0) is 36.7 Å². The molecule has 29 heavy (non-hydrogen) atoms. The number of primary amides is 1. The molecule has 2 heterocycles. The van der Waals surface area contributed by atoms with Crippen LogP contribution in [0.2, 0.25) is 0 Å². The minimum atomic E-state index is -0.895. The van der Waals surface area contributed by atoms with Crippen molar-refractivity contribution < 1.29 is 9.59 Å². The quantitative estimate of drug-likeness (QED) is 0.413. The summed E-state index contributed by atoms with van der Waals surface area (Å²) in [6.07, 6.45) is 4.58. The Kier molecular flexibility index (Phi) is 6.48. The summed E-state index contributed by atoms with van der Waals surface area (Å²) in [4.78, 5) is 43.6. The summed E-state index contributed by atoms with van der Waals surface area (Å²) in [5.41, 5.74) is 6.14. The number of nitrogens with two attached hydrogens (primary N) is 1. The van der Waals surface area contributed by atoms with E-state index < -0.39 is 17.2 Å². The molecule has 1 aliphatic rings. The molecule has 0 saturated heterocycles. The zero-order chi connectivity index (χ0) is 21.3. The van der Waals surface area contributed by atoms with Crippen molar-refractivity contribution in [3.8, 4) is 0 Å². The first kappa shape index (κ1) is 21.6. The molecule has 3 N–H and O–H groups in total. The lowest BCUT2D eigenvalue weighted by Gasteiger charge is -2.20. The molecule has 9 heteroatoms. The molecule has 3 rings (SSSR count). The number of nitrogens with zero attached hydrogens (tertiary/aromatic N) is 2. The van der Waals surface area contributed by atoms with Gasteiger partial charge in [0.1, 0.15) is 4.83 Å². The Morgan fingerprint density at radius 1 is 1.48 bits per heavy atom. The topological polar surface area (TPSA) is 107 Å². The van der Waals surface area contributed by atoms with Gasteiger partial charge in [0.05, 0.1) is 10.6 Å². The molecular weight excluding hydrogens is 408 g/mol. The fraction of sp³-hybridized carbons (Fsp3) is 0.500. The molecule has 156 valence electrons. The number of amides is 3. The highest BCUT2D eigenvalue weighted by Crippen LogP contribution is 2.37. The Balaban J connectivity index is 2.10. The number of allylic oxidation sites excluding steroid dienone is 1. The number of aryl methyl sites for hydroxylation is 1. The van der Waals surface area contributed by atoms with Crippen molar-refractivity contribution in [3.05, 3.63) is 33.4 Å². The Bertz CT molecular complexity index is 1020. The van der Waals surface area contributed by atoms with E-state index in [0.717, 1.165) is 29.7 Å². The van der Waals surface area contributed by atoms with Gasteiger partial charge in [0.2, 0.25) is 5.91 Å². The maximum atomic E-state index is 13.3. The lowest BCUT2D eigenvalue weighted by atomic mass is 9.89. The van der Waals surface area contributed by atoms with Crippen LogP contribution in [0.1, 0.15) is 37.6 Å². The van der Waals surface area contributed by atoms with Crippen LogP contribution in [-0.4, -0.2) is 26.7 Å². The van der Waals surface area contributed by atoms with Gasteiger partial charge in [0.15, 0.2) is 5.16 Å². The molecule has 2 atom stereocenters. The maximum Gasteiger partial charge on any atom is 0.318 e. The minimum Gasteiger partial charge on any atom is -0.351 e. The number of aromatic nitrogens is 2. The van der Waals surface area contributed by atoms with E-state index in [0.29, 0.717) is 23.0 Å². The Morgan fingerprint density at radius 2 is 2.21 bits per heavy atom. The summed E-state index contributed by atoms with van der Waals surface area (Å²) in [5.74, 6) is 0.0143. The van der Waals surface area contributed by atoms with E-state index in [1.165, 1.54) is 16.6 Å². The van der Waals surface area contributed by atoms with Gasteiger partial charge in [-0.1, -0.05) is 38.6 Å². The average Bonchev–Trinajstić information content (AvgIpc) is 2.98. The van der Waals surface area contributed by atoms with E-state index in [4.69, 9.17) is 10.7 Å². The number of imide groups is 1. The van der Waals surface area contributed by atoms with Crippen LogP contribution in [0.25, 0.3) is 10.2 Å². The van der Waals surface area contributed by atoms with Gasteiger partial charge in [-0.3, -0.25) is 19.5 Å². The van der Waals surface area contributed by atoms with Crippen molar-refractivity contribution in [3.63, 3.8) is 0 Å². The van der Waals surface area contributed by atoms with Crippen molar-refractivity contribution in [2.75, 3.05) is 0 Å². The van der Waals surface area contributed by atoms with Gasteiger partial charge in [-0.15, -0.1) is 17.9 Å². The molecule has 0 radical (unpaired) electrons. The molecule has 2 aromatic rings. The number of thiophene rings is 1. The van der Waals surface area contributed by atoms with Gasteiger partial charge >= 0.3 is 6.03 Å². The normalized spacial score (nSPS) is 17.2. The molecule has 2 aromatic heterocycles. The van der Waals surface area contributed by atoms with Crippen LogP contribution in [0.4, 0.5) is 4.79 Å². The van der Waals surface area contributed by atoms with Crippen LogP contribution in [0.5, 0.6) is 0 Å². The second-order valence-electron chi connectivity index (χ2n) is 7.77. The number of fused-ring (bicyclic) bond motifs is 3. The molecule has 1 aliphatic carbocycles. The molecule has 0 spiro atoms. The monoisotopic (exact) mass is 434 g/mol. The predicted octanol–water partition coefficient (Wildman–Crippen LogP) is 3.08. The smallest absolute Gasteiger partial charge is 0.318 e. The van der Waals surface area contributed by atoms with Crippen LogP contribution < -0.4 is 16.6 Å². The summed E-state index contributed by atoms with van der Waals surface area (Å²) in [6, 6.07) is -0.895. The van der Waals surface area contributed by atoms with Gasteiger partial charge in [-0.25, -0.2) is 9.78 Å². The summed E-state index contributed by atoms with van der Waals surface area (Å²) in [7, 11) is 0. The standard InChI is InChI=1S/C20H26N4O3S2/c1-5-8-24-18(26)14-12-7-6-11(4)9-13(12)28-17(14)23-20(24)29-15(10(2)3)16(25)22-19(21)27/h5,10-11,15H,1,6-9H2,2-4H3,(H3,21,22,25,27). The van der Waals surface area contributed by atoms with Crippen LogP contribution >= 0.6 is 23.1 Å². The highest BCUT2D eigenvalue weighted by Gasteiger charge is 2.29. The summed E-state index contributed by atoms with van der Waals surface area (Å²) in [6.45, 7) is 10.0. The third kappa shape index (κ3) is 4.40. The average molecular weight is 435 g/mol. The molecular formula is C20H26N4O3S2. The SMILES string of the molecule is C=CCn1c(SC(C(=O)NC(N)=O)C(C)C)nc2sc3c(c2c1=O)CCC(C)C3. The lowest BCUT2D eigenvalue weighted by molar-refractivity contribution is -0.120. The number of thioether (sulfide) groups is 1. The summed E-state index contributed by atoms with van der Waals surface area (Å²) in [5, 5.41) is 2.68. The van der Waals surface area contributed by atoms with Crippen molar-refractivity contribution in [1.29, 1.82) is 0 Å². The molecule has 2 unspecified atom stereocenters. The van der Waals surface area contributed by atoms with Crippen LogP contribution in [0.3, 0.4) is 0 Å². The second-order valence-corrected chi connectivity index (χ2v) is 9.96. The van der Waals surface area contributed by atoms with Crippen molar-refractivity contribution in [1.82, 2.24) is 14.9 Å². The van der Waals surface area contributed by atoms with Gasteiger partial charge in [-0.2, -0.15) is 0 Å². The Hall–Kier alpha value is -2.13. The van der Waals surface area contributed by atoms with Gasteiger partial charge < -0.3 is 5.73 Å². The third-order valence-electron chi connectivity index (χ3n) is 5.03.